The van der Waals surface area contributed by atoms with Crippen molar-refractivity contribution in [3.63, 3.8) is 0 Å². The van der Waals surface area contributed by atoms with E-state index in [0.29, 0.717) is 25.7 Å². The van der Waals surface area contributed by atoms with E-state index < -0.39 is 83.0 Å². The van der Waals surface area contributed by atoms with E-state index in [1.54, 1.807) is 53.0 Å². The van der Waals surface area contributed by atoms with Crippen molar-refractivity contribution in [3.8, 4) is 5.75 Å². The number of unbranched alkanes of at least 4 members (excludes halogenated alkanes) is 2. The number of aromatic amines is 1. The molecule has 3 heterocycles. The third kappa shape index (κ3) is 11.5. The second-order valence-corrected chi connectivity index (χ2v) is 16.4. The summed E-state index contributed by atoms with van der Waals surface area (Å²) in [6.45, 7) is 13.0. The number of aromatic nitrogens is 1. The molecule has 13 atom stereocenters. The number of pyridine rings is 1. The Morgan fingerprint density at radius 2 is 1.68 bits per heavy atom. The zero-order valence-electron chi connectivity index (χ0n) is 34.8. The average Bonchev–Trinajstić information content (AvgIpc) is 3.45. The van der Waals surface area contributed by atoms with Gasteiger partial charge in [-0.1, -0.05) is 91.3 Å². The maximum atomic E-state index is 13.3. The first kappa shape index (κ1) is 48.2. The maximum Gasteiger partial charge on any atom is 0.262 e. The highest BCUT2D eigenvalue weighted by atomic mass is 16.7. The molecule has 1 aromatic rings. The largest absolute Gasteiger partial charge is 0.507 e. The number of hydrogen-bond donors (Lipinski definition) is 8. The summed E-state index contributed by atoms with van der Waals surface area (Å²) in [5.74, 6) is -5.59. The predicted molar refractivity (Wildman–Crippen MR) is 215 cm³/mol. The van der Waals surface area contributed by atoms with Gasteiger partial charge in [-0.3, -0.25) is 14.4 Å². The smallest absolute Gasteiger partial charge is 0.262 e. The van der Waals surface area contributed by atoms with E-state index in [4.69, 9.17) is 14.2 Å². The Bertz CT molecular complexity index is 1590. The number of aliphatic hydroxyl groups excluding tert-OH is 4. The van der Waals surface area contributed by atoms with Crippen LogP contribution in [0, 0.1) is 29.1 Å². The number of aliphatic hydroxyl groups is 5. The molecule has 0 radical (unpaired) electrons. The number of H-pyrrole nitrogens is 1. The molecule has 0 aromatic carbocycles. The SMILES string of the molecule is CCC/C=C/[C@@H]1O[C@](O)([C@H](CC)C(=O)NC/C=C/CC(C)[C@@H](OC)[C@@H](C)[C@@H]2O[C@H](/C=C/CCCC(C)C(=O)c3c(O)cc[nH]c3=O)[C@H](O)[C@@H]2O)[C@H](O)[C@H](O)C1(C)C. The quantitative estimate of drug-likeness (QED) is 0.0506. The number of methoxy groups -OCH3 is 1. The Labute approximate surface area is 337 Å². The van der Waals surface area contributed by atoms with Crippen LogP contribution in [0.25, 0.3) is 0 Å². The van der Waals surface area contributed by atoms with Crippen LogP contribution in [0.3, 0.4) is 0 Å². The lowest BCUT2D eigenvalue weighted by atomic mass is 9.71. The molecule has 8 N–H and O–H groups in total. The number of allylic oxidation sites excluding steroid dienone is 3. The van der Waals surface area contributed by atoms with Gasteiger partial charge in [0.25, 0.3) is 5.56 Å². The summed E-state index contributed by atoms with van der Waals surface area (Å²) >= 11 is 0. The predicted octanol–water partition coefficient (Wildman–Crippen LogP) is 3.68. The van der Waals surface area contributed by atoms with Crippen LogP contribution < -0.4 is 10.9 Å². The number of amides is 1. The van der Waals surface area contributed by atoms with Crippen molar-refractivity contribution >= 4 is 11.7 Å². The van der Waals surface area contributed by atoms with Gasteiger partial charge in [-0.25, -0.2) is 0 Å². The molecule has 2 aliphatic rings. The third-order valence-electron chi connectivity index (χ3n) is 11.8. The first-order valence-electron chi connectivity index (χ1n) is 20.4. The second kappa shape index (κ2) is 21.7. The number of aromatic hydroxyl groups is 1. The van der Waals surface area contributed by atoms with Gasteiger partial charge in [0.05, 0.1) is 30.3 Å². The first-order chi connectivity index (χ1) is 26.9. The number of hydrogen-bond acceptors (Lipinski definition) is 12. The van der Waals surface area contributed by atoms with E-state index in [0.717, 1.165) is 12.8 Å². The molecule has 14 nitrogen and oxygen atoms in total. The van der Waals surface area contributed by atoms with Gasteiger partial charge in [-0.15, -0.1) is 0 Å². The Morgan fingerprint density at radius 3 is 2.32 bits per heavy atom. The molecule has 2 unspecified atom stereocenters. The minimum Gasteiger partial charge on any atom is -0.507 e. The Balaban J connectivity index is 1.51. The third-order valence-corrected chi connectivity index (χ3v) is 11.8. The van der Waals surface area contributed by atoms with Crippen molar-refractivity contribution in [2.75, 3.05) is 13.7 Å². The van der Waals surface area contributed by atoms with Gasteiger partial charge in [-0.2, -0.15) is 0 Å². The highest BCUT2D eigenvalue weighted by Gasteiger charge is 2.60. The van der Waals surface area contributed by atoms with Crippen molar-refractivity contribution < 1.29 is 54.4 Å². The first-order valence-corrected chi connectivity index (χ1v) is 20.4. The molecular formula is C43H68N2O12. The van der Waals surface area contributed by atoms with Crippen LogP contribution in [0.4, 0.5) is 0 Å². The van der Waals surface area contributed by atoms with Crippen LogP contribution in [0.15, 0.2) is 53.5 Å². The molecular weight excluding hydrogens is 736 g/mol. The molecule has 322 valence electrons. The topological polar surface area (TPSA) is 228 Å². The molecule has 2 fully saturated rings. The van der Waals surface area contributed by atoms with E-state index in [1.165, 1.54) is 12.3 Å². The summed E-state index contributed by atoms with van der Waals surface area (Å²) in [5.41, 5.74) is -1.78. The van der Waals surface area contributed by atoms with Crippen molar-refractivity contribution in [3.05, 3.63) is 64.6 Å². The molecule has 0 bridgehead atoms. The minimum atomic E-state index is -2.30. The Morgan fingerprint density at radius 1 is 1.00 bits per heavy atom. The van der Waals surface area contributed by atoms with Crippen LogP contribution >= 0.6 is 0 Å². The maximum absolute atomic E-state index is 13.3. The van der Waals surface area contributed by atoms with Gasteiger partial charge in [0.2, 0.25) is 11.7 Å². The van der Waals surface area contributed by atoms with Crippen molar-refractivity contribution in [2.45, 2.75) is 148 Å². The number of carbonyl (C=O) groups excluding carboxylic acids is 2. The standard InChI is InChI=1S/C43H68N2O12/c1-9-11-13-21-31-42(6,7)38(50)39(51)43(54,57-31)28(10-2)40(52)44-23-17-16-19-26(4)36(55-8)27(5)37-35(49)34(48)30(56-37)20-15-12-14-18-25(3)33(47)32-29(46)22-24-45-41(32)53/h13,15-17,20-22,24-28,30-31,34-39,48-51,54H,9-12,14,18-19,23H2,1-8H3,(H,44,52)(H2,45,46,53)/b17-16+,20-15+,21-13+/t25?,26?,27-,28-,30-,31+,34+,35+,36-,37+,38+,39-,43-/m1/s1. The van der Waals surface area contributed by atoms with Crippen LogP contribution in [0.5, 0.6) is 5.75 Å². The summed E-state index contributed by atoms with van der Waals surface area (Å²) in [5, 5.41) is 68.1. The zero-order valence-corrected chi connectivity index (χ0v) is 34.8. The molecule has 2 aliphatic heterocycles. The highest BCUT2D eigenvalue weighted by molar-refractivity contribution is 5.99. The summed E-state index contributed by atoms with van der Waals surface area (Å²) in [6, 6.07) is 1.27. The summed E-state index contributed by atoms with van der Waals surface area (Å²) in [7, 11) is 1.58. The minimum absolute atomic E-state index is 0.0463. The molecule has 57 heavy (non-hydrogen) atoms. The van der Waals surface area contributed by atoms with Crippen LogP contribution in [0.1, 0.15) is 104 Å². The van der Waals surface area contributed by atoms with Crippen LogP contribution in [0.2, 0.25) is 0 Å². The molecule has 0 aliphatic carbocycles. The van der Waals surface area contributed by atoms with E-state index in [9.17, 15) is 45.0 Å². The summed E-state index contributed by atoms with van der Waals surface area (Å²) < 4.78 is 18.0. The summed E-state index contributed by atoms with van der Waals surface area (Å²) in [6.07, 6.45) is 8.34. The lowest BCUT2D eigenvalue weighted by molar-refractivity contribution is -0.360. The van der Waals surface area contributed by atoms with E-state index in [1.807, 2.05) is 39.0 Å². The summed E-state index contributed by atoms with van der Waals surface area (Å²) in [4.78, 5) is 40.5. The van der Waals surface area contributed by atoms with Crippen LogP contribution in [-0.2, 0) is 19.0 Å². The number of nitrogens with one attached hydrogen (secondary N) is 2. The van der Waals surface area contributed by atoms with Gasteiger partial charge in [0.1, 0.15) is 35.7 Å². The number of Topliss-reactive ketones (excluding diaryl/α,β-unsaturated/α-hetero) is 1. The normalized spacial score (nSPS) is 30.4. The molecule has 0 spiro atoms. The lowest BCUT2D eigenvalue weighted by Gasteiger charge is -2.53. The Hall–Kier alpha value is -3.21. The lowest BCUT2D eigenvalue weighted by Crippen LogP contribution is -2.69. The number of ketones is 1. The number of ether oxygens (including phenoxy) is 3. The molecule has 2 saturated heterocycles. The van der Waals surface area contributed by atoms with Crippen molar-refractivity contribution in [2.24, 2.45) is 29.1 Å². The highest BCUT2D eigenvalue weighted by Crippen LogP contribution is 2.44. The zero-order chi connectivity index (χ0) is 42.7. The number of rotatable bonds is 21. The van der Waals surface area contributed by atoms with E-state index in [2.05, 4.69) is 10.3 Å². The molecule has 3 rings (SSSR count). The van der Waals surface area contributed by atoms with E-state index >= 15 is 0 Å². The van der Waals surface area contributed by atoms with Gasteiger partial charge in [0, 0.05) is 37.1 Å². The van der Waals surface area contributed by atoms with Gasteiger partial charge in [-0.05, 0) is 50.5 Å². The monoisotopic (exact) mass is 804 g/mol. The number of carbonyl (C=O) groups is 2. The second-order valence-electron chi connectivity index (χ2n) is 16.4. The Kier molecular flexibility index (Phi) is 18.3. The fraction of sp³-hybridized carbons (Fsp3) is 0.698. The van der Waals surface area contributed by atoms with E-state index in [-0.39, 0.29) is 42.2 Å². The van der Waals surface area contributed by atoms with Gasteiger partial charge >= 0.3 is 0 Å². The molecule has 1 aromatic heterocycles. The van der Waals surface area contributed by atoms with Crippen molar-refractivity contribution in [1.29, 1.82) is 0 Å². The van der Waals surface area contributed by atoms with Gasteiger partial charge < -0.3 is 55.2 Å². The van der Waals surface area contributed by atoms with Crippen molar-refractivity contribution in [1.82, 2.24) is 10.3 Å². The fourth-order valence-corrected chi connectivity index (χ4v) is 8.00. The molecule has 0 saturated carbocycles. The molecule has 14 heteroatoms. The average molecular weight is 805 g/mol. The van der Waals surface area contributed by atoms with Gasteiger partial charge in [0.15, 0.2) is 5.78 Å². The molecule has 1 amide bonds. The fourth-order valence-electron chi connectivity index (χ4n) is 8.00. The van der Waals surface area contributed by atoms with Crippen LogP contribution in [-0.4, -0.2) is 116 Å².